The highest BCUT2D eigenvalue weighted by atomic mass is 32.1. The Labute approximate surface area is 97.4 Å². The number of carboxylic acid groups (broad SMARTS) is 1. The Kier molecular flexibility index (Phi) is 3.01. The van der Waals surface area contributed by atoms with Gasteiger partial charge < -0.3 is 5.11 Å². The molecule has 2 aromatic rings. The third-order valence-electron chi connectivity index (χ3n) is 2.41. The highest BCUT2D eigenvalue weighted by Gasteiger charge is 2.07. The first-order valence-corrected chi connectivity index (χ1v) is 5.76. The number of rotatable bonds is 3. The summed E-state index contributed by atoms with van der Waals surface area (Å²) in [5.41, 5.74) is 2.45. The first-order chi connectivity index (χ1) is 7.66. The van der Waals surface area contributed by atoms with Crippen molar-refractivity contribution in [2.75, 3.05) is 0 Å². The number of aromatic carboxylic acids is 1. The molecule has 0 aliphatic heterocycles. The summed E-state index contributed by atoms with van der Waals surface area (Å²) >= 11 is 1.61. The number of hydrogen-bond donors (Lipinski definition) is 1. The van der Waals surface area contributed by atoms with E-state index in [0.717, 1.165) is 22.6 Å². The van der Waals surface area contributed by atoms with Gasteiger partial charge in [0.2, 0.25) is 0 Å². The average molecular weight is 233 g/mol. The number of carbonyl (C=O) groups is 1. The predicted octanol–water partition coefficient (Wildman–Crippen LogP) is 2.74. The quantitative estimate of drug-likeness (QED) is 0.886. The third kappa shape index (κ3) is 2.28. The van der Waals surface area contributed by atoms with Crippen LogP contribution < -0.4 is 0 Å². The number of aryl methyl sites for hydroxylation is 1. The fourth-order valence-corrected chi connectivity index (χ4v) is 2.17. The summed E-state index contributed by atoms with van der Waals surface area (Å²) in [5.74, 6) is -0.885. The normalized spacial score (nSPS) is 10.3. The Balaban J connectivity index is 2.26. The summed E-state index contributed by atoms with van der Waals surface area (Å²) < 4.78 is 0. The smallest absolute Gasteiger partial charge is 0.335 e. The molecule has 16 heavy (non-hydrogen) atoms. The molecule has 0 aliphatic carbocycles. The van der Waals surface area contributed by atoms with Crippen molar-refractivity contribution in [2.45, 2.75) is 13.3 Å². The van der Waals surface area contributed by atoms with Crippen LogP contribution in [0.25, 0.3) is 0 Å². The van der Waals surface area contributed by atoms with E-state index in [9.17, 15) is 4.79 Å². The molecule has 1 aromatic heterocycles. The van der Waals surface area contributed by atoms with Crippen molar-refractivity contribution in [3.8, 4) is 0 Å². The molecule has 0 fully saturated rings. The van der Waals surface area contributed by atoms with E-state index < -0.39 is 5.97 Å². The molecule has 0 radical (unpaired) electrons. The van der Waals surface area contributed by atoms with E-state index in [4.69, 9.17) is 5.11 Å². The molecule has 1 aromatic carbocycles. The fourth-order valence-electron chi connectivity index (χ4n) is 1.53. The van der Waals surface area contributed by atoms with Crippen LogP contribution in [0.1, 0.15) is 26.5 Å². The zero-order chi connectivity index (χ0) is 11.5. The van der Waals surface area contributed by atoms with Crippen LogP contribution in [0.15, 0.2) is 29.8 Å². The molecule has 0 saturated heterocycles. The molecule has 1 N–H and O–H groups in total. The second-order valence-electron chi connectivity index (χ2n) is 3.55. The summed E-state index contributed by atoms with van der Waals surface area (Å²) in [6, 6.07) is 5.20. The minimum Gasteiger partial charge on any atom is -0.478 e. The van der Waals surface area contributed by atoms with Crippen LogP contribution >= 0.6 is 11.3 Å². The standard InChI is InChI=1S/C12H11NO2S/c1-8-6-10(12(14)15)3-2-9(8)7-11-13-4-5-16-11/h2-6H,7H2,1H3,(H,14,15). The molecular formula is C12H11NO2S. The molecule has 1 heterocycles. The summed E-state index contributed by atoms with van der Waals surface area (Å²) in [6.07, 6.45) is 2.55. The molecule has 0 atom stereocenters. The minimum absolute atomic E-state index is 0.334. The van der Waals surface area contributed by atoms with Gasteiger partial charge in [0.1, 0.15) is 0 Å². The van der Waals surface area contributed by atoms with E-state index in [2.05, 4.69) is 4.98 Å². The number of carboxylic acids is 1. The van der Waals surface area contributed by atoms with Crippen molar-refractivity contribution in [1.29, 1.82) is 0 Å². The average Bonchev–Trinajstić information content (AvgIpc) is 2.73. The maximum Gasteiger partial charge on any atom is 0.335 e. The maximum absolute atomic E-state index is 10.8. The minimum atomic E-state index is -0.885. The molecular weight excluding hydrogens is 222 g/mol. The van der Waals surface area contributed by atoms with Gasteiger partial charge in [0.25, 0.3) is 0 Å². The predicted molar refractivity (Wildman–Crippen MR) is 63.1 cm³/mol. The Morgan fingerprint density at radius 3 is 2.88 bits per heavy atom. The SMILES string of the molecule is Cc1cc(C(=O)O)ccc1Cc1nccs1. The molecule has 0 aliphatic rings. The van der Waals surface area contributed by atoms with Crippen LogP contribution in [0.4, 0.5) is 0 Å². The Morgan fingerprint density at radius 1 is 1.50 bits per heavy atom. The van der Waals surface area contributed by atoms with Gasteiger partial charge >= 0.3 is 5.97 Å². The molecule has 0 spiro atoms. The molecule has 4 heteroatoms. The van der Waals surface area contributed by atoms with Gasteiger partial charge in [-0.05, 0) is 30.2 Å². The van der Waals surface area contributed by atoms with Crippen LogP contribution in [0.5, 0.6) is 0 Å². The van der Waals surface area contributed by atoms with Crippen molar-refractivity contribution in [1.82, 2.24) is 4.98 Å². The summed E-state index contributed by atoms with van der Waals surface area (Å²) in [5, 5.41) is 11.8. The number of hydrogen-bond acceptors (Lipinski definition) is 3. The van der Waals surface area contributed by atoms with Gasteiger partial charge in [-0.3, -0.25) is 0 Å². The molecule has 82 valence electrons. The van der Waals surface area contributed by atoms with E-state index >= 15 is 0 Å². The fraction of sp³-hybridized carbons (Fsp3) is 0.167. The zero-order valence-corrected chi connectivity index (χ0v) is 9.62. The van der Waals surface area contributed by atoms with Gasteiger partial charge in [-0.2, -0.15) is 0 Å². The van der Waals surface area contributed by atoms with Gasteiger partial charge in [0.05, 0.1) is 10.6 Å². The third-order valence-corrected chi connectivity index (χ3v) is 3.19. The highest BCUT2D eigenvalue weighted by molar-refractivity contribution is 7.09. The van der Waals surface area contributed by atoms with E-state index in [1.54, 1.807) is 29.7 Å². The maximum atomic E-state index is 10.8. The first-order valence-electron chi connectivity index (χ1n) is 4.88. The van der Waals surface area contributed by atoms with E-state index in [1.165, 1.54) is 0 Å². The van der Waals surface area contributed by atoms with Crippen LogP contribution in [0.2, 0.25) is 0 Å². The largest absolute Gasteiger partial charge is 0.478 e. The second-order valence-corrected chi connectivity index (χ2v) is 4.53. The van der Waals surface area contributed by atoms with Crippen molar-refractivity contribution in [2.24, 2.45) is 0 Å². The number of benzene rings is 1. The highest BCUT2D eigenvalue weighted by Crippen LogP contribution is 2.17. The molecule has 3 nitrogen and oxygen atoms in total. The summed E-state index contributed by atoms with van der Waals surface area (Å²) in [7, 11) is 0. The lowest BCUT2D eigenvalue weighted by molar-refractivity contribution is 0.0697. The van der Waals surface area contributed by atoms with Crippen LogP contribution in [0.3, 0.4) is 0 Å². The van der Waals surface area contributed by atoms with Crippen molar-refractivity contribution >= 4 is 17.3 Å². The van der Waals surface area contributed by atoms with Gasteiger partial charge in [0.15, 0.2) is 0 Å². The molecule has 0 saturated carbocycles. The number of aromatic nitrogens is 1. The number of nitrogens with zero attached hydrogens (tertiary/aromatic N) is 1. The van der Waals surface area contributed by atoms with Crippen LogP contribution in [-0.4, -0.2) is 16.1 Å². The topological polar surface area (TPSA) is 50.2 Å². The molecule has 0 amide bonds. The van der Waals surface area contributed by atoms with Gasteiger partial charge in [-0.15, -0.1) is 11.3 Å². The van der Waals surface area contributed by atoms with Crippen molar-refractivity contribution in [3.63, 3.8) is 0 Å². The van der Waals surface area contributed by atoms with Crippen LogP contribution in [0, 0.1) is 6.92 Å². The lowest BCUT2D eigenvalue weighted by Gasteiger charge is -2.04. The Hall–Kier alpha value is -1.68. The lowest BCUT2D eigenvalue weighted by Crippen LogP contribution is -1.99. The summed E-state index contributed by atoms with van der Waals surface area (Å²) in [4.78, 5) is 15.0. The molecule has 2 rings (SSSR count). The first kappa shape index (κ1) is 10.8. The van der Waals surface area contributed by atoms with E-state index in [-0.39, 0.29) is 0 Å². The van der Waals surface area contributed by atoms with Crippen LogP contribution in [-0.2, 0) is 6.42 Å². The lowest BCUT2D eigenvalue weighted by atomic mass is 10.0. The summed E-state index contributed by atoms with van der Waals surface area (Å²) in [6.45, 7) is 1.93. The van der Waals surface area contributed by atoms with Crippen molar-refractivity contribution in [3.05, 3.63) is 51.5 Å². The molecule has 0 unspecified atom stereocenters. The van der Waals surface area contributed by atoms with Crippen molar-refractivity contribution < 1.29 is 9.90 Å². The Bertz CT molecular complexity index is 506. The van der Waals surface area contributed by atoms with Gasteiger partial charge in [0, 0.05) is 18.0 Å². The van der Waals surface area contributed by atoms with Gasteiger partial charge in [-0.1, -0.05) is 6.07 Å². The Morgan fingerprint density at radius 2 is 2.31 bits per heavy atom. The molecule has 0 bridgehead atoms. The number of thiazole rings is 1. The second kappa shape index (κ2) is 4.45. The van der Waals surface area contributed by atoms with Gasteiger partial charge in [-0.25, -0.2) is 9.78 Å². The monoisotopic (exact) mass is 233 g/mol. The van der Waals surface area contributed by atoms with E-state index in [1.807, 2.05) is 18.4 Å². The van der Waals surface area contributed by atoms with E-state index in [0.29, 0.717) is 5.56 Å². The zero-order valence-electron chi connectivity index (χ0n) is 8.80.